The third-order valence-electron chi connectivity index (χ3n) is 4.54. The van der Waals surface area contributed by atoms with Crippen LogP contribution in [0.1, 0.15) is 23.7 Å². The van der Waals surface area contributed by atoms with Crippen molar-refractivity contribution < 1.29 is 63.5 Å². The first-order chi connectivity index (χ1) is 15.2. The largest absolute Gasteiger partial charge is 1.00 e. The van der Waals surface area contributed by atoms with E-state index in [0.717, 1.165) is 17.7 Å². The predicted molar refractivity (Wildman–Crippen MR) is 116 cm³/mol. The van der Waals surface area contributed by atoms with Crippen LogP contribution in [0.25, 0.3) is 6.08 Å². The third kappa shape index (κ3) is 8.28. The van der Waals surface area contributed by atoms with Crippen molar-refractivity contribution in [3.63, 3.8) is 0 Å². The van der Waals surface area contributed by atoms with E-state index in [4.69, 9.17) is 14.6 Å². The monoisotopic (exact) mass is 466 g/mol. The molecule has 4 nitrogen and oxygen atoms in total. The molecule has 8 heteroatoms. The maximum absolute atomic E-state index is 12.6. The zero-order chi connectivity index (χ0) is 23.1. The van der Waals surface area contributed by atoms with Gasteiger partial charge in [-0.15, -0.1) is 0 Å². The Labute approximate surface area is 213 Å². The normalized spacial score (nSPS) is 11.2. The van der Waals surface area contributed by atoms with Gasteiger partial charge in [0.05, 0.1) is 12.0 Å². The second kappa shape index (κ2) is 11.9. The summed E-state index contributed by atoms with van der Waals surface area (Å²) in [5, 5.41) is 8.97. The molecule has 3 aromatic carbocycles. The summed E-state index contributed by atoms with van der Waals surface area (Å²) in [7, 11) is 0. The number of hydrogen-bond acceptors (Lipinski definition) is 3. The minimum atomic E-state index is -4.35. The summed E-state index contributed by atoms with van der Waals surface area (Å²) < 4.78 is 49.4. The van der Waals surface area contributed by atoms with E-state index < -0.39 is 17.7 Å². The van der Waals surface area contributed by atoms with Crippen LogP contribution in [0, 0.1) is 6.92 Å². The van der Waals surface area contributed by atoms with Crippen molar-refractivity contribution in [1.82, 2.24) is 0 Å². The quantitative estimate of drug-likeness (QED) is 0.515. The average molecular weight is 466 g/mol. The Balaban J connectivity index is 0.00000289. The van der Waals surface area contributed by atoms with Crippen molar-refractivity contribution in [3.8, 4) is 17.2 Å². The van der Waals surface area contributed by atoms with E-state index in [1.165, 1.54) is 12.1 Å². The molecule has 0 bridgehead atoms. The minimum Gasteiger partial charge on any atom is -1.00 e. The molecule has 0 aliphatic rings. The van der Waals surface area contributed by atoms with Crippen LogP contribution in [0.15, 0.2) is 72.8 Å². The first-order valence-corrected chi connectivity index (χ1v) is 9.76. The van der Waals surface area contributed by atoms with Crippen LogP contribution in [0.4, 0.5) is 13.2 Å². The SMILES string of the molecule is Cc1ccc(CC(=O)O)cc1Oc1cccc(OC/C=C/c2ccc(C(F)(F)F)cc2)c1.[H-].[Na+]. The van der Waals surface area contributed by atoms with Gasteiger partial charge < -0.3 is 16.0 Å². The molecular weight excluding hydrogens is 444 g/mol. The number of carboxylic acids is 1. The van der Waals surface area contributed by atoms with Gasteiger partial charge in [-0.25, -0.2) is 0 Å². The molecule has 0 aliphatic carbocycles. The van der Waals surface area contributed by atoms with Crippen LogP contribution in [0.2, 0.25) is 0 Å². The molecule has 0 spiro atoms. The van der Waals surface area contributed by atoms with Gasteiger partial charge in [-0.2, -0.15) is 13.2 Å². The van der Waals surface area contributed by atoms with Crippen molar-refractivity contribution >= 4 is 12.0 Å². The van der Waals surface area contributed by atoms with Crippen LogP contribution in [-0.4, -0.2) is 17.7 Å². The fourth-order valence-corrected chi connectivity index (χ4v) is 2.91. The summed E-state index contributed by atoms with van der Waals surface area (Å²) in [6.07, 6.45) is -1.06. The van der Waals surface area contributed by atoms with Crippen LogP contribution in [0.3, 0.4) is 0 Å². The molecule has 0 amide bonds. The average Bonchev–Trinajstić information content (AvgIpc) is 2.73. The van der Waals surface area contributed by atoms with Gasteiger partial charge in [-0.05, 0) is 60.0 Å². The number of hydrogen-bond donors (Lipinski definition) is 1. The van der Waals surface area contributed by atoms with E-state index in [9.17, 15) is 18.0 Å². The maximum Gasteiger partial charge on any atom is 1.00 e. The zero-order valence-corrected chi connectivity index (χ0v) is 20.2. The molecule has 3 aromatic rings. The molecule has 0 aromatic heterocycles. The molecule has 0 radical (unpaired) electrons. The summed E-state index contributed by atoms with van der Waals surface area (Å²) >= 11 is 0. The fraction of sp³-hybridized carbons (Fsp3) is 0.160. The summed E-state index contributed by atoms with van der Waals surface area (Å²) in [4.78, 5) is 10.9. The molecule has 0 atom stereocenters. The Morgan fingerprint density at radius 1 is 1.03 bits per heavy atom. The van der Waals surface area contributed by atoms with Crippen molar-refractivity contribution in [2.24, 2.45) is 0 Å². The molecule has 168 valence electrons. The number of rotatable bonds is 8. The molecule has 0 saturated carbocycles. The maximum atomic E-state index is 12.6. The molecule has 0 fully saturated rings. The second-order valence-electron chi connectivity index (χ2n) is 7.08. The summed E-state index contributed by atoms with van der Waals surface area (Å²) in [5.41, 5.74) is 1.45. The number of aliphatic carboxylic acids is 1. The van der Waals surface area contributed by atoms with Gasteiger partial charge in [-0.3, -0.25) is 4.79 Å². The van der Waals surface area contributed by atoms with Crippen molar-refractivity contribution in [1.29, 1.82) is 0 Å². The molecule has 3 rings (SSSR count). The van der Waals surface area contributed by atoms with Crippen LogP contribution < -0.4 is 39.0 Å². The van der Waals surface area contributed by atoms with Gasteiger partial charge in [-0.1, -0.05) is 36.4 Å². The fourth-order valence-electron chi connectivity index (χ4n) is 2.91. The molecule has 0 heterocycles. The van der Waals surface area contributed by atoms with E-state index in [1.807, 2.05) is 6.92 Å². The number of carboxylic acid groups (broad SMARTS) is 1. The standard InChI is InChI=1S/C25H21F3O4.Na.H/c1-17-7-8-19(15-24(29)30)14-23(17)32-22-6-2-5-21(16-22)31-13-3-4-18-9-11-20(12-10-18)25(26,27)28;;/h2-12,14,16H,13,15H2,1H3,(H,29,30);;/q;+1;-1/b4-3+;;. The molecule has 33 heavy (non-hydrogen) atoms. The van der Waals surface area contributed by atoms with E-state index in [0.29, 0.717) is 28.4 Å². The topological polar surface area (TPSA) is 55.8 Å². The van der Waals surface area contributed by atoms with E-state index in [1.54, 1.807) is 54.6 Å². The summed E-state index contributed by atoms with van der Waals surface area (Å²) in [6, 6.07) is 17.1. The number of ether oxygens (including phenoxy) is 2. The van der Waals surface area contributed by atoms with Gasteiger partial charge in [0.1, 0.15) is 23.9 Å². The van der Waals surface area contributed by atoms with Crippen molar-refractivity contribution in [2.45, 2.75) is 19.5 Å². The Kier molecular flexibility index (Phi) is 9.58. The first-order valence-electron chi connectivity index (χ1n) is 9.76. The number of halogens is 3. The molecule has 0 unspecified atom stereocenters. The summed E-state index contributed by atoms with van der Waals surface area (Å²) in [6.45, 7) is 2.09. The number of alkyl halides is 3. The smallest absolute Gasteiger partial charge is 1.00 e. The van der Waals surface area contributed by atoms with Crippen LogP contribution in [-0.2, 0) is 17.4 Å². The first kappa shape index (κ1) is 26.5. The van der Waals surface area contributed by atoms with Gasteiger partial charge in [0.15, 0.2) is 0 Å². The predicted octanol–water partition coefficient (Wildman–Crippen LogP) is 3.64. The third-order valence-corrected chi connectivity index (χ3v) is 4.54. The molecular formula is C25H22F3NaO4. The summed E-state index contributed by atoms with van der Waals surface area (Å²) in [5.74, 6) is 0.728. The second-order valence-corrected chi connectivity index (χ2v) is 7.08. The van der Waals surface area contributed by atoms with E-state index >= 15 is 0 Å². The number of carbonyl (C=O) groups is 1. The van der Waals surface area contributed by atoms with Gasteiger partial charge in [0, 0.05) is 6.07 Å². The molecule has 0 saturated heterocycles. The van der Waals surface area contributed by atoms with Crippen LogP contribution in [0.5, 0.6) is 17.2 Å². The molecule has 0 aliphatic heterocycles. The van der Waals surface area contributed by atoms with Gasteiger partial charge in [0.25, 0.3) is 0 Å². The van der Waals surface area contributed by atoms with E-state index in [2.05, 4.69) is 0 Å². The van der Waals surface area contributed by atoms with E-state index in [-0.39, 0.29) is 44.0 Å². The molecule has 1 N–H and O–H groups in total. The van der Waals surface area contributed by atoms with Gasteiger partial charge >= 0.3 is 41.7 Å². The van der Waals surface area contributed by atoms with Crippen LogP contribution >= 0.6 is 0 Å². The Morgan fingerprint density at radius 3 is 2.39 bits per heavy atom. The number of aryl methyl sites for hydroxylation is 1. The number of benzene rings is 3. The Hall–Kier alpha value is -2.74. The minimum absolute atomic E-state index is 0. The van der Waals surface area contributed by atoms with Gasteiger partial charge in [0.2, 0.25) is 0 Å². The van der Waals surface area contributed by atoms with Crippen molar-refractivity contribution in [2.75, 3.05) is 6.61 Å². The Morgan fingerprint density at radius 2 is 1.73 bits per heavy atom. The van der Waals surface area contributed by atoms with Crippen molar-refractivity contribution in [3.05, 3.63) is 95.1 Å². The zero-order valence-electron chi connectivity index (χ0n) is 19.2. The Bertz CT molecular complexity index is 1120.